The molecule has 1 N–H and O–H groups in total. The van der Waals surface area contributed by atoms with E-state index in [0.29, 0.717) is 6.54 Å². The number of anilines is 1. The van der Waals surface area contributed by atoms with Crippen molar-refractivity contribution in [3.05, 3.63) is 47.0 Å². The van der Waals surface area contributed by atoms with Crippen LogP contribution in [0.2, 0.25) is 0 Å². The second kappa shape index (κ2) is 7.77. The largest absolute Gasteiger partial charge is 0.351 e. The Labute approximate surface area is 147 Å². The lowest BCUT2D eigenvalue weighted by Crippen LogP contribution is -2.53. The Bertz CT molecular complexity index is 665. The first-order valence-corrected chi connectivity index (χ1v) is 9.24. The molecule has 1 aliphatic heterocycles. The number of aryl methyl sites for hydroxylation is 1. The molecule has 6 heteroatoms. The summed E-state index contributed by atoms with van der Waals surface area (Å²) >= 11 is 1.67. The van der Waals surface area contributed by atoms with Crippen molar-refractivity contribution in [1.29, 1.82) is 0 Å². The van der Waals surface area contributed by atoms with Gasteiger partial charge in [-0.1, -0.05) is 24.3 Å². The quantitative estimate of drug-likeness (QED) is 0.904. The van der Waals surface area contributed by atoms with Gasteiger partial charge in [-0.05, 0) is 25.0 Å². The van der Waals surface area contributed by atoms with Crippen molar-refractivity contribution in [2.75, 3.05) is 31.1 Å². The van der Waals surface area contributed by atoms with Gasteiger partial charge in [0.15, 0.2) is 5.13 Å². The van der Waals surface area contributed by atoms with Gasteiger partial charge in [0.05, 0.1) is 6.04 Å². The number of amides is 1. The van der Waals surface area contributed by atoms with E-state index < -0.39 is 0 Å². The number of rotatable bonds is 5. The summed E-state index contributed by atoms with van der Waals surface area (Å²) in [4.78, 5) is 21.4. The molecule has 1 aromatic heterocycles. The molecule has 2 heterocycles. The monoisotopic (exact) mass is 344 g/mol. The lowest BCUT2D eigenvalue weighted by Gasteiger charge is -2.37. The van der Waals surface area contributed by atoms with E-state index in [2.05, 4.69) is 39.2 Å². The van der Waals surface area contributed by atoms with E-state index in [1.54, 1.807) is 11.3 Å². The average Bonchev–Trinajstić information content (AvgIpc) is 3.15. The lowest BCUT2D eigenvalue weighted by molar-refractivity contribution is -0.126. The number of nitrogens with one attached hydrogen (secondary N) is 1. The van der Waals surface area contributed by atoms with Gasteiger partial charge < -0.3 is 10.2 Å². The van der Waals surface area contributed by atoms with E-state index in [9.17, 15) is 4.79 Å². The second-order valence-corrected chi connectivity index (χ2v) is 7.03. The van der Waals surface area contributed by atoms with Crippen LogP contribution in [-0.2, 0) is 11.3 Å². The normalized spacial score (nSPS) is 16.8. The van der Waals surface area contributed by atoms with Crippen molar-refractivity contribution < 1.29 is 4.79 Å². The molecule has 0 aliphatic carbocycles. The number of piperazine rings is 1. The van der Waals surface area contributed by atoms with Crippen LogP contribution in [0.25, 0.3) is 0 Å². The van der Waals surface area contributed by atoms with E-state index in [1.807, 2.05) is 30.6 Å². The van der Waals surface area contributed by atoms with Gasteiger partial charge in [-0.15, -0.1) is 11.3 Å². The molecule has 1 saturated heterocycles. The Kier molecular flexibility index (Phi) is 5.48. The second-order valence-electron chi connectivity index (χ2n) is 6.16. The summed E-state index contributed by atoms with van der Waals surface area (Å²) in [5.74, 6) is 0.0981. The van der Waals surface area contributed by atoms with Crippen molar-refractivity contribution >= 4 is 22.4 Å². The third-order valence-corrected chi connectivity index (χ3v) is 5.48. The van der Waals surface area contributed by atoms with Crippen LogP contribution in [0.4, 0.5) is 5.13 Å². The van der Waals surface area contributed by atoms with Crippen LogP contribution >= 0.6 is 11.3 Å². The molecule has 3 rings (SSSR count). The van der Waals surface area contributed by atoms with E-state index >= 15 is 0 Å². The Morgan fingerprint density at radius 3 is 2.71 bits per heavy atom. The first kappa shape index (κ1) is 16.9. The Hall–Kier alpha value is -1.92. The minimum Gasteiger partial charge on any atom is -0.351 e. The maximum absolute atomic E-state index is 12.5. The van der Waals surface area contributed by atoms with E-state index in [1.165, 1.54) is 11.1 Å². The molecule has 1 atom stereocenters. The molecule has 1 aromatic carbocycles. The van der Waals surface area contributed by atoms with Crippen LogP contribution in [0.15, 0.2) is 35.8 Å². The average molecular weight is 344 g/mol. The highest BCUT2D eigenvalue weighted by Crippen LogP contribution is 2.19. The number of nitrogens with zero attached hydrogens (tertiary/aromatic N) is 3. The third-order valence-electron chi connectivity index (χ3n) is 4.65. The van der Waals surface area contributed by atoms with Gasteiger partial charge in [0.1, 0.15) is 0 Å². The molecule has 1 fully saturated rings. The fourth-order valence-corrected chi connectivity index (χ4v) is 3.67. The zero-order valence-corrected chi connectivity index (χ0v) is 15.1. The van der Waals surface area contributed by atoms with Gasteiger partial charge in [0.25, 0.3) is 0 Å². The summed E-state index contributed by atoms with van der Waals surface area (Å²) in [6, 6.07) is 8.06. The number of aromatic nitrogens is 1. The highest BCUT2D eigenvalue weighted by molar-refractivity contribution is 7.13. The summed E-state index contributed by atoms with van der Waals surface area (Å²) in [5, 5.41) is 6.15. The van der Waals surface area contributed by atoms with Gasteiger partial charge in [0.2, 0.25) is 5.91 Å². The highest BCUT2D eigenvalue weighted by atomic mass is 32.1. The van der Waals surface area contributed by atoms with E-state index in [-0.39, 0.29) is 11.9 Å². The van der Waals surface area contributed by atoms with Gasteiger partial charge in [0, 0.05) is 44.3 Å². The van der Waals surface area contributed by atoms with Crippen LogP contribution in [0, 0.1) is 6.92 Å². The molecule has 0 radical (unpaired) electrons. The minimum absolute atomic E-state index is 0.0981. The van der Waals surface area contributed by atoms with Gasteiger partial charge in [-0.25, -0.2) is 4.98 Å². The van der Waals surface area contributed by atoms with Crippen molar-refractivity contribution in [2.45, 2.75) is 26.4 Å². The molecular formula is C18H24N4OS. The van der Waals surface area contributed by atoms with E-state index in [4.69, 9.17) is 0 Å². The molecule has 1 amide bonds. The summed E-state index contributed by atoms with van der Waals surface area (Å²) in [6.07, 6.45) is 1.84. The molecule has 0 spiro atoms. The van der Waals surface area contributed by atoms with Crippen molar-refractivity contribution in [3.8, 4) is 0 Å². The number of thiazole rings is 1. The maximum Gasteiger partial charge on any atom is 0.237 e. The van der Waals surface area contributed by atoms with Gasteiger partial charge in [-0.3, -0.25) is 9.69 Å². The highest BCUT2D eigenvalue weighted by Gasteiger charge is 2.26. The van der Waals surface area contributed by atoms with Crippen LogP contribution < -0.4 is 10.2 Å². The number of hydrogen-bond donors (Lipinski definition) is 1. The lowest BCUT2D eigenvalue weighted by atomic mass is 10.1. The molecule has 0 bridgehead atoms. The first-order valence-electron chi connectivity index (χ1n) is 8.36. The Morgan fingerprint density at radius 2 is 2.04 bits per heavy atom. The smallest absolute Gasteiger partial charge is 0.237 e. The molecule has 1 unspecified atom stereocenters. The maximum atomic E-state index is 12.5. The predicted octanol–water partition coefficient (Wildman–Crippen LogP) is 2.28. The molecule has 5 nitrogen and oxygen atoms in total. The molecule has 1 aliphatic rings. The fourth-order valence-electron chi connectivity index (χ4n) is 2.98. The number of hydrogen-bond acceptors (Lipinski definition) is 5. The fraction of sp³-hybridized carbons (Fsp3) is 0.444. The predicted molar refractivity (Wildman–Crippen MR) is 98.4 cm³/mol. The van der Waals surface area contributed by atoms with E-state index in [0.717, 1.165) is 31.3 Å². The molecule has 0 saturated carbocycles. The van der Waals surface area contributed by atoms with Gasteiger partial charge in [-0.2, -0.15) is 0 Å². The molecule has 2 aromatic rings. The van der Waals surface area contributed by atoms with Crippen LogP contribution in [-0.4, -0.2) is 48.0 Å². The van der Waals surface area contributed by atoms with Crippen LogP contribution in [0.5, 0.6) is 0 Å². The number of benzene rings is 1. The standard InChI is InChI=1S/C18H24N4OS/c1-14-5-3-4-6-16(14)13-20-17(23)15(2)21-8-10-22(11-9-21)18-19-7-12-24-18/h3-7,12,15H,8-11,13H2,1-2H3,(H,20,23). The first-order chi connectivity index (χ1) is 11.6. The van der Waals surface area contributed by atoms with Gasteiger partial charge >= 0.3 is 0 Å². The zero-order valence-electron chi connectivity index (χ0n) is 14.2. The Morgan fingerprint density at radius 1 is 1.29 bits per heavy atom. The third kappa shape index (κ3) is 3.94. The topological polar surface area (TPSA) is 48.5 Å². The zero-order chi connectivity index (χ0) is 16.9. The summed E-state index contributed by atoms with van der Waals surface area (Å²) < 4.78 is 0. The van der Waals surface area contributed by atoms with Crippen molar-refractivity contribution in [1.82, 2.24) is 15.2 Å². The summed E-state index contributed by atoms with van der Waals surface area (Å²) in [6.45, 7) is 8.27. The minimum atomic E-state index is -0.104. The molecule has 128 valence electrons. The van der Waals surface area contributed by atoms with Crippen LogP contribution in [0.1, 0.15) is 18.1 Å². The number of carbonyl (C=O) groups excluding carboxylic acids is 1. The van der Waals surface area contributed by atoms with Crippen LogP contribution in [0.3, 0.4) is 0 Å². The van der Waals surface area contributed by atoms with Crippen molar-refractivity contribution in [2.24, 2.45) is 0 Å². The SMILES string of the molecule is Cc1ccccc1CNC(=O)C(C)N1CCN(c2nccs2)CC1. The summed E-state index contributed by atoms with van der Waals surface area (Å²) in [7, 11) is 0. The van der Waals surface area contributed by atoms with Crippen molar-refractivity contribution in [3.63, 3.8) is 0 Å². The number of carbonyl (C=O) groups is 1. The molecule has 24 heavy (non-hydrogen) atoms. The summed E-state index contributed by atoms with van der Waals surface area (Å²) in [5.41, 5.74) is 2.38. The molecular weight excluding hydrogens is 320 g/mol. The Balaban J connectivity index is 1.49.